The number of nitrogens with two attached hydrogens (primary N) is 1. The average molecular weight is 211 g/mol. The maximum atomic E-state index is 5.71. The Morgan fingerprint density at radius 1 is 1.43 bits per heavy atom. The van der Waals surface area contributed by atoms with Crippen molar-refractivity contribution < 1.29 is 4.74 Å². The molecule has 0 spiro atoms. The van der Waals surface area contributed by atoms with Gasteiger partial charge in [0.15, 0.2) is 0 Å². The number of hydrogen-bond donors (Lipinski definition) is 1. The van der Waals surface area contributed by atoms with Crippen LogP contribution in [0, 0.1) is 0 Å². The van der Waals surface area contributed by atoms with Crippen molar-refractivity contribution in [3.8, 4) is 5.75 Å². The molecule has 14 heavy (non-hydrogen) atoms. The zero-order chi connectivity index (χ0) is 10.6. The quantitative estimate of drug-likeness (QED) is 0.778. The van der Waals surface area contributed by atoms with E-state index in [1.807, 2.05) is 32.2 Å². The Morgan fingerprint density at radius 2 is 2.14 bits per heavy atom. The second kappa shape index (κ2) is 5.27. The summed E-state index contributed by atoms with van der Waals surface area (Å²) in [6.07, 6.45) is 2.24. The molecule has 0 heterocycles. The summed E-state index contributed by atoms with van der Waals surface area (Å²) in [6.45, 7) is 4.57. The summed E-state index contributed by atoms with van der Waals surface area (Å²) in [7, 11) is 0. The topological polar surface area (TPSA) is 35.2 Å². The molecule has 0 atom stereocenters. The molecule has 0 aliphatic heterocycles. The van der Waals surface area contributed by atoms with Gasteiger partial charge in [0.1, 0.15) is 5.75 Å². The lowest BCUT2D eigenvalue weighted by atomic mass is 10.2. The van der Waals surface area contributed by atoms with Crippen molar-refractivity contribution in [1.82, 2.24) is 0 Å². The van der Waals surface area contributed by atoms with Gasteiger partial charge in [-0.3, -0.25) is 0 Å². The Balaban J connectivity index is 3.02. The highest BCUT2D eigenvalue weighted by Crippen LogP contribution is 2.28. The number of hydrogen-bond acceptors (Lipinski definition) is 3. The van der Waals surface area contributed by atoms with Crippen LogP contribution >= 0.6 is 11.8 Å². The molecule has 3 heteroatoms. The zero-order valence-electron chi connectivity index (χ0n) is 8.91. The Morgan fingerprint density at radius 3 is 2.64 bits per heavy atom. The third-order valence-corrected chi connectivity index (χ3v) is 2.70. The van der Waals surface area contributed by atoms with Crippen LogP contribution in [0.3, 0.4) is 0 Å². The van der Waals surface area contributed by atoms with E-state index in [1.54, 1.807) is 11.8 Å². The summed E-state index contributed by atoms with van der Waals surface area (Å²) in [5.74, 6) is 0.911. The fourth-order valence-corrected chi connectivity index (χ4v) is 1.95. The summed E-state index contributed by atoms with van der Waals surface area (Å²) < 4.78 is 5.69. The predicted molar refractivity (Wildman–Crippen MR) is 61.9 cm³/mol. The van der Waals surface area contributed by atoms with E-state index in [9.17, 15) is 0 Å². The smallest absolute Gasteiger partial charge is 0.125 e. The maximum Gasteiger partial charge on any atom is 0.125 e. The summed E-state index contributed by atoms with van der Waals surface area (Å²) >= 11 is 1.70. The molecule has 1 aromatic rings. The van der Waals surface area contributed by atoms with Crippen LogP contribution in [0.5, 0.6) is 5.75 Å². The Labute approximate surface area is 89.8 Å². The highest BCUT2D eigenvalue weighted by atomic mass is 32.2. The lowest BCUT2D eigenvalue weighted by Crippen LogP contribution is -2.09. The highest BCUT2D eigenvalue weighted by Gasteiger charge is 2.08. The van der Waals surface area contributed by atoms with E-state index < -0.39 is 0 Å². The first kappa shape index (κ1) is 11.4. The largest absolute Gasteiger partial charge is 0.491 e. The van der Waals surface area contributed by atoms with Gasteiger partial charge in [-0.25, -0.2) is 0 Å². The van der Waals surface area contributed by atoms with Crippen LogP contribution in [0.15, 0.2) is 23.1 Å². The molecular weight excluding hydrogens is 194 g/mol. The van der Waals surface area contributed by atoms with Gasteiger partial charge in [-0.1, -0.05) is 6.07 Å². The average Bonchev–Trinajstić information content (AvgIpc) is 2.16. The van der Waals surface area contributed by atoms with Crippen LogP contribution < -0.4 is 10.5 Å². The third kappa shape index (κ3) is 2.66. The van der Waals surface area contributed by atoms with Gasteiger partial charge in [0.2, 0.25) is 0 Å². The van der Waals surface area contributed by atoms with Crippen molar-refractivity contribution in [2.45, 2.75) is 31.4 Å². The second-order valence-electron chi connectivity index (χ2n) is 3.31. The molecule has 0 saturated heterocycles. The first-order valence-corrected chi connectivity index (χ1v) is 5.94. The van der Waals surface area contributed by atoms with Crippen molar-refractivity contribution in [3.63, 3.8) is 0 Å². The third-order valence-electron chi connectivity index (χ3n) is 1.88. The van der Waals surface area contributed by atoms with Crippen molar-refractivity contribution in [2.24, 2.45) is 5.73 Å². The summed E-state index contributed by atoms with van der Waals surface area (Å²) in [5, 5.41) is 0. The van der Waals surface area contributed by atoms with E-state index in [2.05, 4.69) is 6.07 Å². The van der Waals surface area contributed by atoms with Crippen LogP contribution in [0.2, 0.25) is 0 Å². The minimum atomic E-state index is 0.192. The minimum Gasteiger partial charge on any atom is -0.491 e. The molecule has 2 nitrogen and oxygen atoms in total. The zero-order valence-corrected chi connectivity index (χ0v) is 9.73. The first-order valence-electron chi connectivity index (χ1n) is 4.71. The molecule has 2 N–H and O–H groups in total. The number of thioether (sulfide) groups is 1. The molecule has 0 unspecified atom stereocenters. The highest BCUT2D eigenvalue weighted by molar-refractivity contribution is 7.98. The van der Waals surface area contributed by atoms with Crippen molar-refractivity contribution in [3.05, 3.63) is 23.8 Å². The molecule has 0 saturated carbocycles. The van der Waals surface area contributed by atoms with Gasteiger partial charge >= 0.3 is 0 Å². The van der Waals surface area contributed by atoms with Gasteiger partial charge in [0.25, 0.3) is 0 Å². The van der Waals surface area contributed by atoms with E-state index in [-0.39, 0.29) is 6.10 Å². The van der Waals surface area contributed by atoms with Crippen molar-refractivity contribution >= 4 is 11.8 Å². The van der Waals surface area contributed by atoms with Crippen LogP contribution in [-0.4, -0.2) is 12.4 Å². The Hall–Kier alpha value is -0.670. The SMILES string of the molecule is CSc1cccc(OC(C)C)c1CN. The maximum absolute atomic E-state index is 5.71. The molecule has 1 aromatic carbocycles. The van der Waals surface area contributed by atoms with E-state index in [0.29, 0.717) is 6.54 Å². The van der Waals surface area contributed by atoms with Gasteiger partial charge in [-0.2, -0.15) is 0 Å². The van der Waals surface area contributed by atoms with Crippen molar-refractivity contribution in [2.75, 3.05) is 6.26 Å². The molecule has 0 aliphatic carbocycles. The monoisotopic (exact) mass is 211 g/mol. The van der Waals surface area contributed by atoms with Gasteiger partial charge < -0.3 is 10.5 Å². The number of rotatable bonds is 4. The molecule has 1 rings (SSSR count). The standard InChI is InChI=1S/C11H17NOS/c1-8(2)13-10-5-4-6-11(14-3)9(10)7-12/h4-6,8H,7,12H2,1-3H3. The van der Waals surface area contributed by atoms with E-state index in [0.717, 1.165) is 11.3 Å². The first-order chi connectivity index (χ1) is 6.69. The molecule has 0 amide bonds. The van der Waals surface area contributed by atoms with E-state index in [1.165, 1.54) is 4.90 Å². The van der Waals surface area contributed by atoms with E-state index in [4.69, 9.17) is 10.5 Å². The second-order valence-corrected chi connectivity index (χ2v) is 4.16. The van der Waals surface area contributed by atoms with E-state index >= 15 is 0 Å². The normalized spacial score (nSPS) is 10.6. The van der Waals surface area contributed by atoms with Crippen LogP contribution in [-0.2, 0) is 6.54 Å². The molecule has 0 aliphatic rings. The summed E-state index contributed by atoms with van der Waals surface area (Å²) in [5.41, 5.74) is 6.81. The molecular formula is C11H17NOS. The van der Waals surface area contributed by atoms with Crippen molar-refractivity contribution in [1.29, 1.82) is 0 Å². The molecule has 0 fully saturated rings. The van der Waals surface area contributed by atoms with Gasteiger partial charge in [0.05, 0.1) is 6.10 Å². The Bertz CT molecular complexity index is 299. The number of ether oxygens (including phenoxy) is 1. The van der Waals surface area contributed by atoms with Crippen LogP contribution in [0.25, 0.3) is 0 Å². The summed E-state index contributed by atoms with van der Waals surface area (Å²) in [4.78, 5) is 1.20. The summed E-state index contributed by atoms with van der Waals surface area (Å²) in [6, 6.07) is 6.05. The van der Waals surface area contributed by atoms with Gasteiger partial charge in [0, 0.05) is 17.0 Å². The fourth-order valence-electron chi connectivity index (χ4n) is 1.30. The molecule has 78 valence electrons. The van der Waals surface area contributed by atoms with Crippen LogP contribution in [0.1, 0.15) is 19.4 Å². The van der Waals surface area contributed by atoms with Gasteiger partial charge in [-0.05, 0) is 32.2 Å². The lowest BCUT2D eigenvalue weighted by molar-refractivity contribution is 0.239. The lowest BCUT2D eigenvalue weighted by Gasteiger charge is -2.15. The van der Waals surface area contributed by atoms with Crippen LogP contribution in [0.4, 0.5) is 0 Å². The minimum absolute atomic E-state index is 0.192. The predicted octanol–water partition coefficient (Wildman–Crippen LogP) is 2.65. The van der Waals surface area contributed by atoms with Gasteiger partial charge in [-0.15, -0.1) is 11.8 Å². The molecule has 0 bridgehead atoms. The Kier molecular flexibility index (Phi) is 4.29. The number of benzene rings is 1. The fraction of sp³-hybridized carbons (Fsp3) is 0.455. The molecule has 0 aromatic heterocycles. The molecule has 0 radical (unpaired) electrons.